The van der Waals surface area contributed by atoms with Crippen LogP contribution in [0.3, 0.4) is 0 Å². The van der Waals surface area contributed by atoms with E-state index in [1.54, 1.807) is 0 Å². The van der Waals surface area contributed by atoms with Crippen LogP contribution in [0, 0.1) is 5.92 Å². The number of rotatable bonds is 5. The molecule has 82 valence electrons. The molecule has 0 aliphatic heterocycles. The van der Waals surface area contributed by atoms with Crippen molar-refractivity contribution in [1.29, 1.82) is 0 Å². The van der Waals surface area contributed by atoms with Gasteiger partial charge in [0.15, 0.2) is 0 Å². The second-order valence-corrected chi connectivity index (χ2v) is 4.65. The number of hydrogen-bond donors (Lipinski definition) is 0. The Labute approximate surface area is 94.0 Å². The van der Waals surface area contributed by atoms with E-state index in [9.17, 15) is 0 Å². The van der Waals surface area contributed by atoms with E-state index < -0.39 is 0 Å². The Kier molecular flexibility index (Phi) is 5.17. The molecular formula is C15H22. The topological polar surface area (TPSA) is 0 Å². The van der Waals surface area contributed by atoms with Crippen molar-refractivity contribution in [3.8, 4) is 0 Å². The molecule has 0 nitrogen and oxygen atoms in total. The minimum atomic E-state index is 0.781. The fourth-order valence-corrected chi connectivity index (χ4v) is 1.78. The van der Waals surface area contributed by atoms with Gasteiger partial charge in [0.05, 0.1) is 0 Å². The molecule has 0 fully saturated rings. The predicted molar refractivity (Wildman–Crippen MR) is 68.0 cm³/mol. The van der Waals surface area contributed by atoms with Crippen LogP contribution in [-0.2, 0) is 6.42 Å². The maximum Gasteiger partial charge on any atom is -0.0253 e. The van der Waals surface area contributed by atoms with Crippen LogP contribution in [0.4, 0.5) is 0 Å². The van der Waals surface area contributed by atoms with Crippen molar-refractivity contribution >= 4 is 0 Å². The van der Waals surface area contributed by atoms with E-state index in [-0.39, 0.29) is 0 Å². The van der Waals surface area contributed by atoms with Crippen LogP contribution in [0.25, 0.3) is 0 Å². The first-order chi connectivity index (χ1) is 7.18. The summed E-state index contributed by atoms with van der Waals surface area (Å²) in [5, 5.41) is 0. The first-order valence-electron chi connectivity index (χ1n) is 5.86. The molecular weight excluding hydrogens is 180 g/mol. The van der Waals surface area contributed by atoms with E-state index in [0.717, 1.165) is 5.92 Å². The van der Waals surface area contributed by atoms with Crippen LogP contribution >= 0.6 is 0 Å². The highest BCUT2D eigenvalue weighted by Crippen LogP contribution is 2.14. The first-order valence-corrected chi connectivity index (χ1v) is 5.86. The molecule has 0 bridgehead atoms. The van der Waals surface area contributed by atoms with Crippen molar-refractivity contribution in [2.75, 3.05) is 0 Å². The van der Waals surface area contributed by atoms with Gasteiger partial charge in [-0.3, -0.25) is 0 Å². The molecule has 0 heterocycles. The summed E-state index contributed by atoms with van der Waals surface area (Å²) in [5.41, 5.74) is 2.89. The summed E-state index contributed by atoms with van der Waals surface area (Å²) in [6.45, 7) is 6.68. The van der Waals surface area contributed by atoms with Crippen LogP contribution in [-0.4, -0.2) is 0 Å². The number of allylic oxidation sites excluding steroid dienone is 2. The molecule has 0 heteroatoms. The normalized spacial score (nSPS) is 12.2. The maximum atomic E-state index is 2.34. The van der Waals surface area contributed by atoms with Gasteiger partial charge in [0.25, 0.3) is 0 Å². The molecule has 1 aromatic carbocycles. The van der Waals surface area contributed by atoms with Gasteiger partial charge in [-0.2, -0.15) is 0 Å². The summed E-state index contributed by atoms with van der Waals surface area (Å²) in [5.74, 6) is 0.781. The summed E-state index contributed by atoms with van der Waals surface area (Å²) >= 11 is 0. The Hall–Kier alpha value is -1.04. The standard InChI is InChI=1S/C15H22/c1-13(2)8-7-9-14(3)12-15-10-5-4-6-11-15/h4-6,8,10-11,14H,7,9,12H2,1-3H3. The van der Waals surface area contributed by atoms with Gasteiger partial charge >= 0.3 is 0 Å². The van der Waals surface area contributed by atoms with Crippen molar-refractivity contribution in [3.05, 3.63) is 47.5 Å². The van der Waals surface area contributed by atoms with E-state index in [2.05, 4.69) is 57.2 Å². The van der Waals surface area contributed by atoms with E-state index in [1.165, 1.54) is 30.4 Å². The van der Waals surface area contributed by atoms with Crippen molar-refractivity contribution in [1.82, 2.24) is 0 Å². The fraction of sp³-hybridized carbons (Fsp3) is 0.467. The molecule has 0 saturated heterocycles. The average Bonchev–Trinajstić information content (AvgIpc) is 2.18. The van der Waals surface area contributed by atoms with Gasteiger partial charge in [-0.25, -0.2) is 0 Å². The second kappa shape index (κ2) is 6.44. The highest BCUT2D eigenvalue weighted by atomic mass is 14.1. The highest BCUT2D eigenvalue weighted by molar-refractivity contribution is 5.15. The third-order valence-electron chi connectivity index (χ3n) is 2.64. The average molecular weight is 202 g/mol. The zero-order valence-corrected chi connectivity index (χ0v) is 10.2. The van der Waals surface area contributed by atoms with Gasteiger partial charge in [-0.1, -0.05) is 48.9 Å². The summed E-state index contributed by atoms with van der Waals surface area (Å²) in [7, 11) is 0. The number of benzene rings is 1. The Balaban J connectivity index is 2.30. The van der Waals surface area contributed by atoms with Crippen molar-refractivity contribution < 1.29 is 0 Å². The molecule has 0 aliphatic carbocycles. The minimum absolute atomic E-state index is 0.781. The van der Waals surface area contributed by atoms with E-state index in [1.807, 2.05) is 0 Å². The second-order valence-electron chi connectivity index (χ2n) is 4.65. The maximum absolute atomic E-state index is 2.34. The molecule has 0 amide bonds. The monoisotopic (exact) mass is 202 g/mol. The smallest absolute Gasteiger partial charge is 0.0253 e. The van der Waals surface area contributed by atoms with Gasteiger partial charge in [-0.05, 0) is 44.6 Å². The number of hydrogen-bond acceptors (Lipinski definition) is 0. The molecule has 1 aromatic rings. The molecule has 0 aromatic heterocycles. The van der Waals surface area contributed by atoms with Crippen molar-refractivity contribution in [2.24, 2.45) is 5.92 Å². The van der Waals surface area contributed by atoms with Gasteiger partial charge in [0, 0.05) is 0 Å². The van der Waals surface area contributed by atoms with Gasteiger partial charge in [-0.15, -0.1) is 0 Å². The quantitative estimate of drug-likeness (QED) is 0.612. The highest BCUT2D eigenvalue weighted by Gasteiger charge is 2.01. The van der Waals surface area contributed by atoms with E-state index >= 15 is 0 Å². The predicted octanol–water partition coefficient (Wildman–Crippen LogP) is 4.61. The van der Waals surface area contributed by atoms with Crippen LogP contribution in [0.15, 0.2) is 42.0 Å². The first kappa shape index (κ1) is 12.0. The molecule has 0 spiro atoms. The molecule has 1 atom stereocenters. The van der Waals surface area contributed by atoms with Gasteiger partial charge in [0.2, 0.25) is 0 Å². The van der Waals surface area contributed by atoms with Gasteiger partial charge in [0.1, 0.15) is 0 Å². The van der Waals surface area contributed by atoms with Crippen LogP contribution in [0.5, 0.6) is 0 Å². The van der Waals surface area contributed by atoms with Crippen molar-refractivity contribution in [3.63, 3.8) is 0 Å². The Bertz CT molecular complexity index is 291. The van der Waals surface area contributed by atoms with E-state index in [4.69, 9.17) is 0 Å². The molecule has 0 N–H and O–H groups in total. The third-order valence-corrected chi connectivity index (χ3v) is 2.64. The molecule has 0 aliphatic rings. The largest absolute Gasteiger partial charge is 0.0859 e. The zero-order valence-electron chi connectivity index (χ0n) is 10.2. The Morgan fingerprint density at radius 2 is 1.87 bits per heavy atom. The lowest BCUT2D eigenvalue weighted by atomic mass is 9.96. The SMILES string of the molecule is CC(C)=CCCC(C)Cc1ccccc1. The lowest BCUT2D eigenvalue weighted by Gasteiger charge is -2.09. The lowest BCUT2D eigenvalue weighted by Crippen LogP contribution is -1.98. The lowest BCUT2D eigenvalue weighted by molar-refractivity contribution is 0.535. The summed E-state index contributed by atoms with van der Waals surface area (Å²) < 4.78 is 0. The molecule has 1 unspecified atom stereocenters. The Morgan fingerprint density at radius 1 is 1.20 bits per heavy atom. The fourth-order valence-electron chi connectivity index (χ4n) is 1.78. The van der Waals surface area contributed by atoms with Crippen LogP contribution < -0.4 is 0 Å². The summed E-state index contributed by atoms with van der Waals surface area (Å²) in [6, 6.07) is 10.8. The van der Waals surface area contributed by atoms with Crippen LogP contribution in [0.2, 0.25) is 0 Å². The minimum Gasteiger partial charge on any atom is -0.0859 e. The van der Waals surface area contributed by atoms with Crippen LogP contribution in [0.1, 0.15) is 39.2 Å². The molecule has 15 heavy (non-hydrogen) atoms. The Morgan fingerprint density at radius 3 is 2.47 bits per heavy atom. The molecule has 0 saturated carbocycles. The molecule has 0 radical (unpaired) electrons. The summed E-state index contributed by atoms with van der Waals surface area (Å²) in [4.78, 5) is 0. The van der Waals surface area contributed by atoms with Crippen molar-refractivity contribution in [2.45, 2.75) is 40.0 Å². The zero-order chi connectivity index (χ0) is 11.1. The summed E-state index contributed by atoms with van der Waals surface area (Å²) in [6.07, 6.45) is 6.05. The third kappa shape index (κ3) is 5.41. The van der Waals surface area contributed by atoms with E-state index in [0.29, 0.717) is 0 Å². The van der Waals surface area contributed by atoms with Gasteiger partial charge < -0.3 is 0 Å². The molecule has 1 rings (SSSR count).